The molecule has 1 unspecified atom stereocenters. The van der Waals surface area contributed by atoms with Gasteiger partial charge in [0.1, 0.15) is 0 Å². The maximum absolute atomic E-state index is 3.29. The molecule has 0 bridgehead atoms. The summed E-state index contributed by atoms with van der Waals surface area (Å²) in [5.74, 6) is 0. The maximum atomic E-state index is 3.29. The molecule has 2 aliphatic rings. The first kappa shape index (κ1) is 5.06. The predicted octanol–water partition coefficient (Wildman–Crippen LogP) is 0.301. The Hall–Kier alpha value is -0.760. The van der Waals surface area contributed by atoms with Gasteiger partial charge in [0.25, 0.3) is 0 Å². The van der Waals surface area contributed by atoms with Gasteiger partial charge in [-0.15, -0.1) is 0 Å². The molecule has 2 rings (SSSR count). The fourth-order valence-electron chi connectivity index (χ4n) is 1.27. The minimum atomic E-state index is 0.620. The van der Waals surface area contributed by atoms with Crippen molar-refractivity contribution in [2.75, 3.05) is 13.2 Å². The molecule has 1 atom stereocenters. The molecule has 2 heterocycles. The highest BCUT2D eigenvalue weighted by Crippen LogP contribution is 2.09. The standard InChI is InChI=1S/C7H10N2/c1-2-4-9-6-8-5-7(9)3-1/h1-4,7-8H,5-6H2. The molecule has 0 saturated carbocycles. The third kappa shape index (κ3) is 0.754. The fourth-order valence-corrected chi connectivity index (χ4v) is 1.27. The number of rotatable bonds is 0. The van der Waals surface area contributed by atoms with Gasteiger partial charge in [0.05, 0.1) is 12.7 Å². The highest BCUT2D eigenvalue weighted by Gasteiger charge is 2.18. The van der Waals surface area contributed by atoms with Crippen molar-refractivity contribution in [2.24, 2.45) is 0 Å². The minimum Gasteiger partial charge on any atom is -0.357 e. The molecular formula is C7H10N2. The van der Waals surface area contributed by atoms with E-state index in [1.54, 1.807) is 0 Å². The van der Waals surface area contributed by atoms with Gasteiger partial charge in [-0.25, -0.2) is 0 Å². The molecule has 1 fully saturated rings. The van der Waals surface area contributed by atoms with E-state index in [9.17, 15) is 0 Å². The Kier molecular flexibility index (Phi) is 1.06. The topological polar surface area (TPSA) is 15.3 Å². The molecule has 2 nitrogen and oxygen atoms in total. The maximum Gasteiger partial charge on any atom is 0.0684 e. The van der Waals surface area contributed by atoms with Crippen LogP contribution in [-0.2, 0) is 0 Å². The van der Waals surface area contributed by atoms with Gasteiger partial charge in [0.2, 0.25) is 0 Å². The van der Waals surface area contributed by atoms with Crippen LogP contribution < -0.4 is 5.32 Å². The van der Waals surface area contributed by atoms with Gasteiger partial charge in [-0.3, -0.25) is 5.32 Å². The van der Waals surface area contributed by atoms with E-state index >= 15 is 0 Å². The summed E-state index contributed by atoms with van der Waals surface area (Å²) in [6, 6.07) is 0.620. The Labute approximate surface area is 54.8 Å². The highest BCUT2D eigenvalue weighted by molar-refractivity contribution is 5.15. The first-order valence-electron chi connectivity index (χ1n) is 3.28. The summed E-state index contributed by atoms with van der Waals surface area (Å²) >= 11 is 0. The van der Waals surface area contributed by atoms with Gasteiger partial charge in [-0.1, -0.05) is 12.2 Å². The summed E-state index contributed by atoms with van der Waals surface area (Å²) in [6.45, 7) is 2.10. The lowest BCUT2D eigenvalue weighted by atomic mass is 10.2. The van der Waals surface area contributed by atoms with Crippen molar-refractivity contribution >= 4 is 0 Å². The zero-order chi connectivity index (χ0) is 6.10. The summed E-state index contributed by atoms with van der Waals surface area (Å²) in [4.78, 5) is 2.29. The van der Waals surface area contributed by atoms with E-state index < -0.39 is 0 Å². The molecule has 1 saturated heterocycles. The monoisotopic (exact) mass is 122 g/mol. The molecule has 0 amide bonds. The van der Waals surface area contributed by atoms with Crippen LogP contribution >= 0.6 is 0 Å². The summed E-state index contributed by atoms with van der Waals surface area (Å²) < 4.78 is 0. The molecule has 0 aromatic rings. The van der Waals surface area contributed by atoms with Crippen molar-refractivity contribution in [3.63, 3.8) is 0 Å². The van der Waals surface area contributed by atoms with E-state index in [1.807, 2.05) is 0 Å². The van der Waals surface area contributed by atoms with Crippen molar-refractivity contribution < 1.29 is 0 Å². The van der Waals surface area contributed by atoms with E-state index in [1.165, 1.54) is 0 Å². The van der Waals surface area contributed by atoms with E-state index in [-0.39, 0.29) is 0 Å². The lowest BCUT2D eigenvalue weighted by Gasteiger charge is -2.19. The predicted molar refractivity (Wildman–Crippen MR) is 36.8 cm³/mol. The number of nitrogens with zero attached hydrogens (tertiary/aromatic N) is 1. The number of hydrogen-bond acceptors (Lipinski definition) is 2. The number of hydrogen-bond donors (Lipinski definition) is 1. The second-order valence-corrected chi connectivity index (χ2v) is 2.42. The van der Waals surface area contributed by atoms with Gasteiger partial charge in [-0.2, -0.15) is 0 Å². The largest absolute Gasteiger partial charge is 0.357 e. The minimum absolute atomic E-state index is 0.620. The van der Waals surface area contributed by atoms with Crippen LogP contribution in [0.4, 0.5) is 0 Å². The Bertz CT molecular complexity index is 142. The first-order valence-corrected chi connectivity index (χ1v) is 3.28. The molecule has 0 aromatic carbocycles. The molecule has 0 aliphatic carbocycles. The summed E-state index contributed by atoms with van der Waals surface area (Å²) in [5, 5.41) is 3.29. The quantitative estimate of drug-likeness (QED) is 0.497. The van der Waals surface area contributed by atoms with Gasteiger partial charge in [0.15, 0.2) is 0 Å². The van der Waals surface area contributed by atoms with Crippen LogP contribution in [0.1, 0.15) is 0 Å². The van der Waals surface area contributed by atoms with Crippen molar-refractivity contribution in [2.45, 2.75) is 6.04 Å². The van der Waals surface area contributed by atoms with Crippen LogP contribution in [0.5, 0.6) is 0 Å². The van der Waals surface area contributed by atoms with Crippen molar-refractivity contribution in [1.82, 2.24) is 10.2 Å². The Morgan fingerprint density at radius 1 is 1.44 bits per heavy atom. The van der Waals surface area contributed by atoms with E-state index in [4.69, 9.17) is 0 Å². The van der Waals surface area contributed by atoms with Crippen LogP contribution in [0.15, 0.2) is 24.4 Å². The van der Waals surface area contributed by atoms with Crippen molar-refractivity contribution in [3.05, 3.63) is 24.4 Å². The summed E-state index contributed by atoms with van der Waals surface area (Å²) in [7, 11) is 0. The van der Waals surface area contributed by atoms with Crippen LogP contribution in [0.25, 0.3) is 0 Å². The molecule has 2 aliphatic heterocycles. The summed E-state index contributed by atoms with van der Waals surface area (Å²) in [6.07, 6.45) is 8.53. The zero-order valence-corrected chi connectivity index (χ0v) is 5.25. The molecule has 48 valence electrons. The Morgan fingerprint density at radius 2 is 2.44 bits per heavy atom. The smallest absolute Gasteiger partial charge is 0.0684 e. The molecular weight excluding hydrogens is 112 g/mol. The summed E-state index contributed by atoms with van der Waals surface area (Å²) in [5.41, 5.74) is 0. The lowest BCUT2D eigenvalue weighted by Crippen LogP contribution is -2.24. The van der Waals surface area contributed by atoms with Crippen LogP contribution in [-0.4, -0.2) is 24.2 Å². The second kappa shape index (κ2) is 1.88. The zero-order valence-electron chi connectivity index (χ0n) is 5.25. The Balaban J connectivity index is 2.18. The second-order valence-electron chi connectivity index (χ2n) is 2.42. The molecule has 9 heavy (non-hydrogen) atoms. The van der Waals surface area contributed by atoms with Crippen LogP contribution in [0, 0.1) is 0 Å². The van der Waals surface area contributed by atoms with Crippen molar-refractivity contribution in [1.29, 1.82) is 0 Å². The third-order valence-electron chi connectivity index (χ3n) is 1.80. The normalized spacial score (nSPS) is 31.1. The van der Waals surface area contributed by atoms with Gasteiger partial charge < -0.3 is 4.90 Å². The molecule has 1 N–H and O–H groups in total. The molecule has 0 radical (unpaired) electrons. The first-order chi connectivity index (χ1) is 4.47. The average Bonchev–Trinajstić information content (AvgIpc) is 2.33. The van der Waals surface area contributed by atoms with E-state index in [0.717, 1.165) is 13.2 Å². The van der Waals surface area contributed by atoms with E-state index in [2.05, 4.69) is 34.6 Å². The molecule has 0 spiro atoms. The van der Waals surface area contributed by atoms with E-state index in [0.29, 0.717) is 6.04 Å². The molecule has 2 heteroatoms. The van der Waals surface area contributed by atoms with Crippen LogP contribution in [0.2, 0.25) is 0 Å². The average molecular weight is 122 g/mol. The number of fused-ring (bicyclic) bond motifs is 1. The number of allylic oxidation sites excluding steroid dienone is 2. The fraction of sp³-hybridized carbons (Fsp3) is 0.429. The highest BCUT2D eigenvalue weighted by atomic mass is 15.3. The molecule has 0 aromatic heterocycles. The lowest BCUT2D eigenvalue weighted by molar-refractivity contribution is 0.399. The van der Waals surface area contributed by atoms with Crippen molar-refractivity contribution in [3.8, 4) is 0 Å². The SMILES string of the molecule is C1=CC2CNCN2C=C1. The Morgan fingerprint density at radius 3 is 3.33 bits per heavy atom. The van der Waals surface area contributed by atoms with Gasteiger partial charge in [-0.05, 0) is 6.08 Å². The third-order valence-corrected chi connectivity index (χ3v) is 1.80. The van der Waals surface area contributed by atoms with Gasteiger partial charge >= 0.3 is 0 Å². The van der Waals surface area contributed by atoms with Crippen LogP contribution in [0.3, 0.4) is 0 Å². The number of nitrogens with one attached hydrogen (secondary N) is 1. The van der Waals surface area contributed by atoms with Gasteiger partial charge in [0, 0.05) is 12.7 Å².